The van der Waals surface area contributed by atoms with E-state index in [0.29, 0.717) is 5.82 Å². The molecule has 0 amide bonds. The zero-order valence-electron chi connectivity index (χ0n) is 7.60. The van der Waals surface area contributed by atoms with Crippen molar-refractivity contribution in [3.05, 3.63) is 12.0 Å². The number of nitrogens with zero attached hydrogens (tertiary/aromatic N) is 2. The maximum atomic E-state index is 12.7. The minimum Gasteiger partial charge on any atom is -0.384 e. The molecule has 3 nitrogen and oxygen atoms in total. The van der Waals surface area contributed by atoms with Crippen molar-refractivity contribution in [1.29, 1.82) is 0 Å². The number of alkyl halides is 3. The number of hydrogen-bond acceptors (Lipinski definition) is 2. The van der Waals surface area contributed by atoms with Gasteiger partial charge in [-0.3, -0.25) is 0 Å². The van der Waals surface area contributed by atoms with Gasteiger partial charge in [-0.2, -0.15) is 13.2 Å². The van der Waals surface area contributed by atoms with Gasteiger partial charge < -0.3 is 10.3 Å². The van der Waals surface area contributed by atoms with E-state index in [4.69, 9.17) is 5.73 Å². The molecule has 6 heteroatoms. The summed E-state index contributed by atoms with van der Waals surface area (Å²) in [6.45, 7) is 1.53. The number of halogens is 3. The van der Waals surface area contributed by atoms with Gasteiger partial charge in [0.05, 0.1) is 6.20 Å². The summed E-state index contributed by atoms with van der Waals surface area (Å²) in [4.78, 5) is 3.77. The van der Waals surface area contributed by atoms with Crippen LogP contribution in [0.3, 0.4) is 0 Å². The minimum absolute atomic E-state index is 0.0809. The van der Waals surface area contributed by atoms with Gasteiger partial charge in [-0.15, -0.1) is 0 Å². The molecule has 2 N–H and O–H groups in total. The van der Waals surface area contributed by atoms with Crippen molar-refractivity contribution in [1.82, 2.24) is 9.55 Å². The molecule has 1 fully saturated rings. The Bertz CT molecular complexity index is 343. The van der Waals surface area contributed by atoms with Crippen molar-refractivity contribution in [3.63, 3.8) is 0 Å². The molecular formula is C8H10F3N3. The second kappa shape index (κ2) is 2.43. The van der Waals surface area contributed by atoms with E-state index in [1.807, 2.05) is 0 Å². The second-order valence-corrected chi connectivity index (χ2v) is 3.60. The zero-order valence-corrected chi connectivity index (χ0v) is 7.60. The van der Waals surface area contributed by atoms with Crippen LogP contribution in [0.4, 0.5) is 19.0 Å². The molecule has 2 rings (SSSR count). The van der Waals surface area contributed by atoms with Crippen LogP contribution in [-0.2, 0) is 5.54 Å². The topological polar surface area (TPSA) is 43.8 Å². The van der Waals surface area contributed by atoms with E-state index in [-0.39, 0.29) is 18.7 Å². The Morgan fingerprint density at radius 1 is 1.50 bits per heavy atom. The molecule has 0 radical (unpaired) electrons. The highest BCUT2D eigenvalue weighted by atomic mass is 19.4. The lowest BCUT2D eigenvalue weighted by atomic mass is 10.2. The first-order valence-electron chi connectivity index (χ1n) is 4.25. The van der Waals surface area contributed by atoms with E-state index in [0.717, 1.165) is 4.57 Å². The van der Waals surface area contributed by atoms with Crippen molar-refractivity contribution >= 4 is 5.82 Å². The van der Waals surface area contributed by atoms with Gasteiger partial charge in [0.1, 0.15) is 17.2 Å². The lowest BCUT2D eigenvalue weighted by Crippen LogP contribution is -2.36. The molecule has 1 aromatic heterocycles. The van der Waals surface area contributed by atoms with E-state index in [1.54, 1.807) is 0 Å². The molecule has 0 saturated heterocycles. The highest BCUT2D eigenvalue weighted by molar-refractivity contribution is 5.33. The third-order valence-corrected chi connectivity index (χ3v) is 2.64. The van der Waals surface area contributed by atoms with Crippen LogP contribution in [0.25, 0.3) is 0 Å². The smallest absolute Gasteiger partial charge is 0.384 e. The van der Waals surface area contributed by atoms with Gasteiger partial charge in [-0.05, 0) is 19.8 Å². The summed E-state index contributed by atoms with van der Waals surface area (Å²) in [5, 5.41) is 0. The summed E-state index contributed by atoms with van der Waals surface area (Å²) >= 11 is 0. The van der Waals surface area contributed by atoms with Gasteiger partial charge in [-0.25, -0.2) is 4.98 Å². The molecule has 1 saturated carbocycles. The average molecular weight is 205 g/mol. The first-order chi connectivity index (χ1) is 6.38. The highest BCUT2D eigenvalue weighted by Gasteiger charge is 2.65. The number of aromatic nitrogens is 2. The fourth-order valence-corrected chi connectivity index (χ4v) is 1.77. The third-order valence-electron chi connectivity index (χ3n) is 2.64. The number of rotatable bonds is 1. The van der Waals surface area contributed by atoms with Crippen LogP contribution in [0.1, 0.15) is 18.7 Å². The Kier molecular flexibility index (Phi) is 1.62. The molecular weight excluding hydrogens is 195 g/mol. The summed E-state index contributed by atoms with van der Waals surface area (Å²) < 4.78 is 39.2. The Morgan fingerprint density at radius 2 is 2.07 bits per heavy atom. The summed E-state index contributed by atoms with van der Waals surface area (Å²) in [7, 11) is 0. The van der Waals surface area contributed by atoms with Gasteiger partial charge >= 0.3 is 6.18 Å². The maximum Gasteiger partial charge on any atom is 0.412 e. The van der Waals surface area contributed by atoms with E-state index in [1.165, 1.54) is 13.1 Å². The average Bonchev–Trinajstić information content (AvgIpc) is 2.76. The van der Waals surface area contributed by atoms with Crippen molar-refractivity contribution in [2.24, 2.45) is 0 Å². The Morgan fingerprint density at radius 3 is 2.36 bits per heavy atom. The van der Waals surface area contributed by atoms with Gasteiger partial charge in [0.25, 0.3) is 0 Å². The number of nitrogens with two attached hydrogens (primary N) is 1. The molecule has 0 aromatic carbocycles. The third kappa shape index (κ3) is 1.03. The molecule has 78 valence electrons. The summed E-state index contributed by atoms with van der Waals surface area (Å²) in [6.07, 6.45) is -2.79. The number of anilines is 1. The predicted molar refractivity (Wildman–Crippen MR) is 44.6 cm³/mol. The monoisotopic (exact) mass is 205 g/mol. The maximum absolute atomic E-state index is 12.7. The van der Waals surface area contributed by atoms with E-state index in [2.05, 4.69) is 4.98 Å². The molecule has 1 heterocycles. The quantitative estimate of drug-likeness (QED) is 0.760. The van der Waals surface area contributed by atoms with Crippen LogP contribution < -0.4 is 5.73 Å². The highest BCUT2D eigenvalue weighted by Crippen LogP contribution is 2.56. The van der Waals surface area contributed by atoms with Gasteiger partial charge in [0.2, 0.25) is 0 Å². The van der Waals surface area contributed by atoms with Crippen LogP contribution in [-0.4, -0.2) is 15.7 Å². The first-order valence-corrected chi connectivity index (χ1v) is 4.25. The van der Waals surface area contributed by atoms with Crippen molar-refractivity contribution in [2.75, 3.05) is 5.73 Å². The fourth-order valence-electron chi connectivity index (χ4n) is 1.77. The SMILES string of the molecule is Cc1ncc(N)n1C1(C(F)(F)F)CC1. The van der Waals surface area contributed by atoms with Crippen LogP contribution in [0.15, 0.2) is 6.20 Å². The molecule has 0 atom stereocenters. The Labute approximate surface area is 78.7 Å². The number of imidazole rings is 1. The van der Waals surface area contributed by atoms with E-state index >= 15 is 0 Å². The van der Waals surface area contributed by atoms with E-state index < -0.39 is 11.7 Å². The van der Waals surface area contributed by atoms with Gasteiger partial charge in [0.15, 0.2) is 0 Å². The molecule has 0 bridgehead atoms. The molecule has 0 spiro atoms. The summed E-state index contributed by atoms with van der Waals surface area (Å²) in [5.41, 5.74) is 3.68. The van der Waals surface area contributed by atoms with E-state index in [9.17, 15) is 13.2 Å². The number of aryl methyl sites for hydroxylation is 1. The lowest BCUT2D eigenvalue weighted by Gasteiger charge is -2.23. The molecule has 14 heavy (non-hydrogen) atoms. The Balaban J connectivity index is 2.50. The largest absolute Gasteiger partial charge is 0.412 e. The van der Waals surface area contributed by atoms with Crippen LogP contribution in [0, 0.1) is 6.92 Å². The van der Waals surface area contributed by atoms with Crippen molar-refractivity contribution in [3.8, 4) is 0 Å². The standard InChI is InChI=1S/C8H10F3N3/c1-5-13-4-6(12)14(5)7(2-3-7)8(9,10)11/h4H,2-3,12H2,1H3. The summed E-state index contributed by atoms with van der Waals surface area (Å²) in [6, 6.07) is 0. The predicted octanol–water partition coefficient (Wildman–Crippen LogP) is 1.83. The molecule has 1 aliphatic rings. The number of nitrogen functional groups attached to an aromatic ring is 1. The summed E-state index contributed by atoms with van der Waals surface area (Å²) in [5.74, 6) is 0.398. The Hall–Kier alpha value is -1.20. The zero-order chi connectivity index (χ0) is 10.6. The molecule has 0 unspecified atom stereocenters. The van der Waals surface area contributed by atoms with Crippen LogP contribution in [0.5, 0.6) is 0 Å². The lowest BCUT2D eigenvalue weighted by molar-refractivity contribution is -0.179. The fraction of sp³-hybridized carbons (Fsp3) is 0.625. The second-order valence-electron chi connectivity index (χ2n) is 3.60. The molecule has 0 aliphatic heterocycles. The van der Waals surface area contributed by atoms with Crippen molar-refractivity contribution in [2.45, 2.75) is 31.5 Å². The van der Waals surface area contributed by atoms with Crippen molar-refractivity contribution < 1.29 is 13.2 Å². The van der Waals surface area contributed by atoms with Gasteiger partial charge in [-0.1, -0.05) is 0 Å². The minimum atomic E-state index is -4.24. The molecule has 1 aliphatic carbocycles. The normalized spacial score (nSPS) is 19.7. The molecule has 1 aromatic rings. The first kappa shape index (κ1) is 9.36. The van der Waals surface area contributed by atoms with Gasteiger partial charge in [0, 0.05) is 0 Å². The number of hydrogen-bond donors (Lipinski definition) is 1. The van der Waals surface area contributed by atoms with Crippen LogP contribution in [0.2, 0.25) is 0 Å². The van der Waals surface area contributed by atoms with Crippen LogP contribution >= 0.6 is 0 Å².